The fourth-order valence-corrected chi connectivity index (χ4v) is 4.55. The number of anilines is 1. The SMILES string of the molecule is CCCC[C@H](CC)n1c(NC(=O)c2ccc(Cl)cc2Cl)c(C#N)c2nc3ccccc3nc21. The summed E-state index contributed by atoms with van der Waals surface area (Å²) in [5.74, 6) is -0.0334. The number of carbonyl (C=O) groups excluding carboxylic acids is 1. The maximum atomic E-state index is 13.2. The van der Waals surface area contributed by atoms with Crippen LogP contribution >= 0.6 is 23.2 Å². The molecule has 168 valence electrons. The molecule has 0 fully saturated rings. The molecule has 0 aliphatic heterocycles. The van der Waals surface area contributed by atoms with Gasteiger partial charge in [-0.2, -0.15) is 5.26 Å². The van der Waals surface area contributed by atoms with Gasteiger partial charge >= 0.3 is 0 Å². The van der Waals surface area contributed by atoms with Crippen LogP contribution in [0.1, 0.15) is 61.5 Å². The van der Waals surface area contributed by atoms with Gasteiger partial charge in [0, 0.05) is 11.1 Å². The molecule has 0 radical (unpaired) electrons. The van der Waals surface area contributed by atoms with Crippen LogP contribution in [0, 0.1) is 11.3 Å². The number of benzene rings is 2. The van der Waals surface area contributed by atoms with Crippen molar-refractivity contribution in [1.29, 1.82) is 5.26 Å². The van der Waals surface area contributed by atoms with Gasteiger partial charge in [0.25, 0.3) is 5.91 Å². The predicted octanol–water partition coefficient (Wildman–Crippen LogP) is 7.16. The minimum Gasteiger partial charge on any atom is -0.307 e. The largest absolute Gasteiger partial charge is 0.307 e. The van der Waals surface area contributed by atoms with Gasteiger partial charge in [0.15, 0.2) is 5.65 Å². The Labute approximate surface area is 202 Å². The maximum Gasteiger partial charge on any atom is 0.258 e. The highest BCUT2D eigenvalue weighted by atomic mass is 35.5. The molecule has 0 aliphatic carbocycles. The van der Waals surface area contributed by atoms with Crippen LogP contribution in [0.3, 0.4) is 0 Å². The summed E-state index contributed by atoms with van der Waals surface area (Å²) in [6.07, 6.45) is 3.75. The van der Waals surface area contributed by atoms with Crippen LogP contribution in [-0.2, 0) is 0 Å². The van der Waals surface area contributed by atoms with Crippen LogP contribution in [0.4, 0.5) is 5.82 Å². The Morgan fingerprint density at radius 2 is 1.88 bits per heavy atom. The molecule has 1 N–H and O–H groups in total. The number of aromatic nitrogens is 3. The topological polar surface area (TPSA) is 83.6 Å². The highest BCUT2D eigenvalue weighted by Gasteiger charge is 2.26. The molecular weight excluding hydrogens is 457 g/mol. The Balaban J connectivity index is 1.94. The lowest BCUT2D eigenvalue weighted by atomic mass is 10.1. The number of carbonyl (C=O) groups is 1. The maximum absolute atomic E-state index is 13.2. The smallest absolute Gasteiger partial charge is 0.258 e. The zero-order valence-electron chi connectivity index (χ0n) is 18.4. The zero-order chi connectivity index (χ0) is 23.5. The van der Waals surface area contributed by atoms with E-state index in [4.69, 9.17) is 33.2 Å². The highest BCUT2D eigenvalue weighted by Crippen LogP contribution is 2.36. The van der Waals surface area contributed by atoms with E-state index in [1.807, 2.05) is 28.8 Å². The van der Waals surface area contributed by atoms with E-state index in [-0.39, 0.29) is 22.2 Å². The molecule has 2 heterocycles. The van der Waals surface area contributed by atoms with E-state index in [2.05, 4.69) is 25.2 Å². The third-order valence-corrected chi connectivity index (χ3v) is 6.29. The standard InChI is InChI=1S/C25H23Cl2N5O/c1-3-5-8-16(4-2)32-23(31-25(33)17-12-11-15(26)13-19(17)27)18(14-28)22-24(32)30-21-10-7-6-9-20(21)29-22/h6-7,9-13,16H,3-5,8H2,1-2H3,(H,31,33)/t16-/m0/s1. The first-order valence-corrected chi connectivity index (χ1v) is 11.7. The van der Waals surface area contributed by atoms with Crippen molar-refractivity contribution in [3.8, 4) is 6.07 Å². The number of halogens is 2. The Morgan fingerprint density at radius 1 is 1.15 bits per heavy atom. The Bertz CT molecular complexity index is 1390. The van der Waals surface area contributed by atoms with Crippen LogP contribution in [-0.4, -0.2) is 20.4 Å². The van der Waals surface area contributed by atoms with Crippen molar-refractivity contribution in [2.45, 2.75) is 45.6 Å². The average Bonchev–Trinajstić information content (AvgIpc) is 3.09. The van der Waals surface area contributed by atoms with Crippen LogP contribution < -0.4 is 5.32 Å². The van der Waals surface area contributed by atoms with Crippen molar-refractivity contribution in [3.05, 3.63) is 63.6 Å². The Hall–Kier alpha value is -3.14. The van der Waals surface area contributed by atoms with E-state index >= 15 is 0 Å². The monoisotopic (exact) mass is 479 g/mol. The summed E-state index contributed by atoms with van der Waals surface area (Å²) in [7, 11) is 0. The third-order valence-electron chi connectivity index (χ3n) is 5.74. The third kappa shape index (κ3) is 4.39. The van der Waals surface area contributed by atoms with Crippen LogP contribution in [0.25, 0.3) is 22.2 Å². The average molecular weight is 480 g/mol. The number of nitrogens with zero attached hydrogens (tertiary/aromatic N) is 4. The number of hydrogen-bond donors (Lipinski definition) is 1. The summed E-state index contributed by atoms with van der Waals surface area (Å²) in [5.41, 5.74) is 3.05. The number of para-hydroxylation sites is 2. The molecule has 6 nitrogen and oxygen atoms in total. The highest BCUT2D eigenvalue weighted by molar-refractivity contribution is 6.37. The Morgan fingerprint density at radius 3 is 2.52 bits per heavy atom. The van der Waals surface area contributed by atoms with Gasteiger partial charge in [0.1, 0.15) is 23.0 Å². The van der Waals surface area contributed by atoms with Gasteiger partial charge < -0.3 is 9.88 Å². The second-order valence-corrected chi connectivity index (χ2v) is 8.72. The first-order valence-electron chi connectivity index (χ1n) is 11.0. The first-order chi connectivity index (χ1) is 16.0. The number of fused-ring (bicyclic) bond motifs is 2. The van der Waals surface area contributed by atoms with Gasteiger partial charge in [-0.15, -0.1) is 0 Å². The predicted molar refractivity (Wildman–Crippen MR) is 133 cm³/mol. The molecule has 0 saturated carbocycles. The normalized spacial score (nSPS) is 12.1. The molecule has 0 spiro atoms. The molecule has 33 heavy (non-hydrogen) atoms. The number of unbranched alkanes of at least 4 members (excludes halogenated alkanes) is 1. The molecular formula is C25H23Cl2N5O. The molecule has 2 aromatic carbocycles. The lowest BCUT2D eigenvalue weighted by molar-refractivity contribution is 0.102. The summed E-state index contributed by atoms with van der Waals surface area (Å²) >= 11 is 12.3. The fraction of sp³-hybridized carbons (Fsp3) is 0.280. The first kappa shape index (κ1) is 23.0. The molecule has 1 atom stereocenters. The number of hydrogen-bond acceptors (Lipinski definition) is 4. The van der Waals surface area contributed by atoms with Gasteiger partial charge in [-0.3, -0.25) is 4.79 Å². The van der Waals surface area contributed by atoms with Gasteiger partial charge in [-0.25, -0.2) is 9.97 Å². The van der Waals surface area contributed by atoms with E-state index in [0.29, 0.717) is 27.5 Å². The molecule has 0 bridgehead atoms. The van der Waals surface area contributed by atoms with Crippen molar-refractivity contribution in [2.75, 3.05) is 5.32 Å². The van der Waals surface area contributed by atoms with Gasteiger partial charge in [0.2, 0.25) is 0 Å². The zero-order valence-corrected chi connectivity index (χ0v) is 19.9. The summed E-state index contributed by atoms with van der Waals surface area (Å²) in [6, 6.07) is 14.5. The Kier molecular flexibility index (Phi) is 6.83. The second kappa shape index (κ2) is 9.78. The van der Waals surface area contributed by atoms with Gasteiger partial charge in [0.05, 0.1) is 21.6 Å². The van der Waals surface area contributed by atoms with E-state index < -0.39 is 5.91 Å². The number of rotatable bonds is 7. The van der Waals surface area contributed by atoms with Crippen LogP contribution in [0.15, 0.2) is 42.5 Å². The quantitative estimate of drug-likeness (QED) is 0.304. The van der Waals surface area contributed by atoms with E-state index in [1.54, 1.807) is 12.1 Å². The van der Waals surface area contributed by atoms with E-state index in [0.717, 1.165) is 31.2 Å². The number of amides is 1. The van der Waals surface area contributed by atoms with Crippen molar-refractivity contribution in [2.24, 2.45) is 0 Å². The number of nitrogens with one attached hydrogen (secondary N) is 1. The molecule has 0 unspecified atom stereocenters. The number of nitriles is 1. The summed E-state index contributed by atoms with van der Waals surface area (Å²) in [4.78, 5) is 22.8. The summed E-state index contributed by atoms with van der Waals surface area (Å²) in [5, 5.41) is 13.7. The lowest BCUT2D eigenvalue weighted by Crippen LogP contribution is -2.19. The lowest BCUT2D eigenvalue weighted by Gasteiger charge is -2.21. The minimum absolute atomic E-state index is 0.0426. The van der Waals surface area contributed by atoms with Crippen LogP contribution in [0.2, 0.25) is 10.0 Å². The van der Waals surface area contributed by atoms with Crippen molar-refractivity contribution in [1.82, 2.24) is 14.5 Å². The van der Waals surface area contributed by atoms with Crippen molar-refractivity contribution in [3.63, 3.8) is 0 Å². The molecule has 1 amide bonds. The molecule has 0 aliphatic rings. The molecule has 0 saturated heterocycles. The second-order valence-electron chi connectivity index (χ2n) is 7.87. The fourth-order valence-electron chi connectivity index (χ4n) is 4.05. The molecule has 4 aromatic rings. The van der Waals surface area contributed by atoms with Gasteiger partial charge in [-0.1, -0.05) is 62.0 Å². The van der Waals surface area contributed by atoms with E-state index in [1.165, 1.54) is 6.07 Å². The minimum atomic E-state index is -0.424. The van der Waals surface area contributed by atoms with E-state index in [9.17, 15) is 10.1 Å². The summed E-state index contributed by atoms with van der Waals surface area (Å²) < 4.78 is 1.96. The van der Waals surface area contributed by atoms with Gasteiger partial charge in [-0.05, 0) is 43.2 Å². The molecule has 2 aromatic heterocycles. The van der Waals surface area contributed by atoms with Crippen molar-refractivity contribution >= 4 is 57.1 Å². The summed E-state index contributed by atoms with van der Waals surface area (Å²) in [6.45, 7) is 4.23. The van der Waals surface area contributed by atoms with Crippen molar-refractivity contribution < 1.29 is 4.79 Å². The molecule has 8 heteroatoms. The molecule has 4 rings (SSSR count). The van der Waals surface area contributed by atoms with Crippen LogP contribution in [0.5, 0.6) is 0 Å².